The number of hydrogen-bond donors (Lipinski definition) is 1. The molecule has 1 aliphatic rings. The fraction of sp³-hybridized carbons (Fsp3) is 0.200. The third-order valence-corrected chi connectivity index (χ3v) is 4.83. The lowest BCUT2D eigenvalue weighted by Crippen LogP contribution is -2.08. The van der Waals surface area contributed by atoms with Crippen LogP contribution in [0.5, 0.6) is 5.75 Å². The minimum atomic E-state index is -0.176. The minimum Gasteiger partial charge on any atom is -0.493 e. The van der Waals surface area contributed by atoms with E-state index in [9.17, 15) is 4.79 Å². The third-order valence-electron chi connectivity index (χ3n) is 3.76. The lowest BCUT2D eigenvalue weighted by molar-refractivity contribution is -0.111. The highest BCUT2D eigenvalue weighted by atomic mass is 32.2. The SMILES string of the molecule is N#CCCSc1ccccc1NC(=O)/C=C/c1ccc2c(c1)CCO2. The zero-order valence-corrected chi connectivity index (χ0v) is 14.5. The van der Waals surface area contributed by atoms with Crippen LogP contribution in [0, 0.1) is 11.3 Å². The molecule has 0 aromatic heterocycles. The second kappa shape index (κ2) is 8.41. The second-order valence-electron chi connectivity index (χ2n) is 5.54. The number of amides is 1. The van der Waals surface area contributed by atoms with Crippen molar-refractivity contribution in [3.8, 4) is 11.8 Å². The highest BCUT2D eigenvalue weighted by Crippen LogP contribution is 2.28. The van der Waals surface area contributed by atoms with Crippen molar-refractivity contribution in [1.82, 2.24) is 0 Å². The predicted octanol–water partition coefficient (Wildman–Crippen LogP) is 4.28. The van der Waals surface area contributed by atoms with Gasteiger partial charge in [-0.1, -0.05) is 18.2 Å². The first kappa shape index (κ1) is 17.1. The van der Waals surface area contributed by atoms with Crippen LogP contribution in [0.3, 0.4) is 0 Å². The van der Waals surface area contributed by atoms with E-state index in [1.54, 1.807) is 17.8 Å². The molecule has 126 valence electrons. The Kier molecular flexibility index (Phi) is 5.76. The van der Waals surface area contributed by atoms with Crippen molar-refractivity contribution in [2.45, 2.75) is 17.7 Å². The fourth-order valence-corrected chi connectivity index (χ4v) is 3.42. The molecular weight excluding hydrogens is 332 g/mol. The number of fused-ring (bicyclic) bond motifs is 1. The van der Waals surface area contributed by atoms with Gasteiger partial charge in [-0.3, -0.25) is 4.79 Å². The Bertz CT molecular complexity index is 840. The van der Waals surface area contributed by atoms with Crippen LogP contribution in [0.15, 0.2) is 53.4 Å². The van der Waals surface area contributed by atoms with E-state index in [0.717, 1.165) is 34.9 Å². The summed E-state index contributed by atoms with van der Waals surface area (Å²) in [6.07, 6.45) is 4.74. The zero-order chi connectivity index (χ0) is 17.5. The van der Waals surface area contributed by atoms with Crippen molar-refractivity contribution < 1.29 is 9.53 Å². The number of carbonyl (C=O) groups excluding carboxylic acids is 1. The van der Waals surface area contributed by atoms with E-state index in [1.807, 2.05) is 36.4 Å². The van der Waals surface area contributed by atoms with Gasteiger partial charge in [0.05, 0.1) is 18.4 Å². The highest BCUT2D eigenvalue weighted by molar-refractivity contribution is 7.99. The first-order valence-electron chi connectivity index (χ1n) is 8.10. The molecule has 25 heavy (non-hydrogen) atoms. The van der Waals surface area contributed by atoms with Crippen LogP contribution in [-0.4, -0.2) is 18.3 Å². The van der Waals surface area contributed by atoms with Gasteiger partial charge in [-0.25, -0.2) is 0 Å². The maximum Gasteiger partial charge on any atom is 0.248 e. The Labute approximate surface area is 151 Å². The van der Waals surface area contributed by atoms with Crippen LogP contribution in [0.2, 0.25) is 0 Å². The van der Waals surface area contributed by atoms with Gasteiger partial charge >= 0.3 is 0 Å². The number of anilines is 1. The van der Waals surface area contributed by atoms with Crippen molar-refractivity contribution in [2.75, 3.05) is 17.7 Å². The number of rotatable bonds is 6. The summed E-state index contributed by atoms with van der Waals surface area (Å²) >= 11 is 1.57. The Morgan fingerprint density at radius 1 is 1.32 bits per heavy atom. The number of carbonyl (C=O) groups is 1. The summed E-state index contributed by atoms with van der Waals surface area (Å²) in [4.78, 5) is 13.2. The summed E-state index contributed by atoms with van der Waals surface area (Å²) in [5.41, 5.74) is 2.93. The van der Waals surface area contributed by atoms with Gasteiger partial charge in [0, 0.05) is 29.6 Å². The first-order valence-corrected chi connectivity index (χ1v) is 9.08. The number of nitrogens with zero attached hydrogens (tertiary/aromatic N) is 1. The first-order chi connectivity index (χ1) is 12.3. The van der Waals surface area contributed by atoms with Crippen LogP contribution in [0.4, 0.5) is 5.69 Å². The molecule has 1 aliphatic heterocycles. The normalized spacial score (nSPS) is 12.4. The van der Waals surface area contributed by atoms with Crippen molar-refractivity contribution in [3.63, 3.8) is 0 Å². The van der Waals surface area contributed by atoms with Crippen molar-refractivity contribution in [2.24, 2.45) is 0 Å². The Morgan fingerprint density at radius 3 is 3.08 bits per heavy atom. The Morgan fingerprint density at radius 2 is 2.20 bits per heavy atom. The van der Waals surface area contributed by atoms with E-state index in [1.165, 1.54) is 11.6 Å². The highest BCUT2D eigenvalue weighted by Gasteiger charge is 2.11. The van der Waals surface area contributed by atoms with Gasteiger partial charge in [0.2, 0.25) is 5.91 Å². The van der Waals surface area contributed by atoms with Crippen LogP contribution in [0.25, 0.3) is 6.08 Å². The molecule has 1 N–H and O–H groups in total. The number of ether oxygens (including phenoxy) is 1. The maximum absolute atomic E-state index is 12.2. The molecule has 4 nitrogen and oxygen atoms in total. The molecule has 0 saturated heterocycles. The van der Waals surface area contributed by atoms with Gasteiger partial charge in [0.25, 0.3) is 0 Å². The van der Waals surface area contributed by atoms with Gasteiger partial charge < -0.3 is 10.1 Å². The topological polar surface area (TPSA) is 62.1 Å². The summed E-state index contributed by atoms with van der Waals surface area (Å²) in [5, 5.41) is 11.6. The molecule has 0 radical (unpaired) electrons. The molecule has 0 unspecified atom stereocenters. The number of nitrogens with one attached hydrogen (secondary N) is 1. The van der Waals surface area contributed by atoms with Gasteiger partial charge in [0.15, 0.2) is 0 Å². The summed E-state index contributed by atoms with van der Waals surface area (Å²) in [7, 11) is 0. The van der Waals surface area contributed by atoms with Gasteiger partial charge in [0.1, 0.15) is 5.75 Å². The van der Waals surface area contributed by atoms with E-state index >= 15 is 0 Å². The molecule has 0 bridgehead atoms. The summed E-state index contributed by atoms with van der Waals surface area (Å²) in [6, 6.07) is 15.7. The maximum atomic E-state index is 12.2. The number of hydrogen-bond acceptors (Lipinski definition) is 4. The van der Waals surface area contributed by atoms with Crippen molar-refractivity contribution >= 4 is 29.4 Å². The number of benzene rings is 2. The third kappa shape index (κ3) is 4.65. The van der Waals surface area contributed by atoms with Gasteiger partial charge in [-0.05, 0) is 41.5 Å². The van der Waals surface area contributed by atoms with Crippen molar-refractivity contribution in [3.05, 3.63) is 59.7 Å². The average molecular weight is 350 g/mol. The number of nitriles is 1. The molecule has 2 aromatic rings. The van der Waals surface area contributed by atoms with Crippen LogP contribution in [-0.2, 0) is 11.2 Å². The summed E-state index contributed by atoms with van der Waals surface area (Å²) < 4.78 is 5.49. The summed E-state index contributed by atoms with van der Waals surface area (Å²) in [5.74, 6) is 1.46. The molecular formula is C20H18N2O2S. The fourth-order valence-electron chi connectivity index (χ4n) is 2.56. The van der Waals surface area contributed by atoms with Gasteiger partial charge in [-0.2, -0.15) is 5.26 Å². The Hall–Kier alpha value is -2.71. The molecule has 5 heteroatoms. The quantitative estimate of drug-likeness (QED) is 0.480. The number of thioether (sulfide) groups is 1. The molecule has 0 atom stereocenters. The smallest absolute Gasteiger partial charge is 0.248 e. The Balaban J connectivity index is 1.64. The molecule has 3 rings (SSSR count). The van der Waals surface area contributed by atoms with E-state index < -0.39 is 0 Å². The van der Waals surface area contributed by atoms with Crippen molar-refractivity contribution in [1.29, 1.82) is 5.26 Å². The van der Waals surface area contributed by atoms with Gasteiger partial charge in [-0.15, -0.1) is 11.8 Å². The van der Waals surface area contributed by atoms with E-state index in [0.29, 0.717) is 12.2 Å². The average Bonchev–Trinajstić information content (AvgIpc) is 3.09. The van der Waals surface area contributed by atoms with E-state index in [-0.39, 0.29) is 5.91 Å². The molecule has 1 amide bonds. The van der Waals surface area contributed by atoms with E-state index in [2.05, 4.69) is 17.5 Å². The van der Waals surface area contributed by atoms with Crippen LogP contribution in [0.1, 0.15) is 17.5 Å². The lowest BCUT2D eigenvalue weighted by atomic mass is 10.1. The molecule has 1 heterocycles. The number of para-hydroxylation sites is 1. The molecule has 2 aromatic carbocycles. The second-order valence-corrected chi connectivity index (χ2v) is 6.68. The molecule has 0 spiro atoms. The molecule has 0 saturated carbocycles. The largest absolute Gasteiger partial charge is 0.493 e. The predicted molar refractivity (Wildman–Crippen MR) is 101 cm³/mol. The summed E-state index contributed by atoms with van der Waals surface area (Å²) in [6.45, 7) is 0.725. The monoisotopic (exact) mass is 350 g/mol. The van der Waals surface area contributed by atoms with Crippen LogP contribution >= 0.6 is 11.8 Å². The standard InChI is InChI=1S/C20H18N2O2S/c21-11-3-13-25-19-5-2-1-4-17(19)22-20(23)9-7-15-6-8-18-16(14-15)10-12-24-18/h1-2,4-9,14H,3,10,12-13H2,(H,22,23)/b9-7+. The minimum absolute atomic E-state index is 0.176. The molecule has 0 aliphatic carbocycles. The zero-order valence-electron chi connectivity index (χ0n) is 13.7. The lowest BCUT2D eigenvalue weighted by Gasteiger charge is -2.08. The van der Waals surface area contributed by atoms with E-state index in [4.69, 9.17) is 10.00 Å². The molecule has 0 fully saturated rings. The van der Waals surface area contributed by atoms with Crippen LogP contribution < -0.4 is 10.1 Å².